The van der Waals surface area contributed by atoms with E-state index in [1.54, 1.807) is 32.2 Å². The molecule has 0 radical (unpaired) electrons. The van der Waals surface area contributed by atoms with Gasteiger partial charge in [0.2, 0.25) is 0 Å². The van der Waals surface area contributed by atoms with Crippen LogP contribution in [0.15, 0.2) is 84.0 Å². The largest absolute Gasteiger partial charge is 0.493 e. The molecule has 0 aliphatic carbocycles. The van der Waals surface area contributed by atoms with Gasteiger partial charge in [-0.05, 0) is 41.8 Å². The number of amides is 2. The van der Waals surface area contributed by atoms with Gasteiger partial charge in [-0.2, -0.15) is 5.10 Å². The zero-order valence-corrected chi connectivity index (χ0v) is 17.9. The van der Waals surface area contributed by atoms with Crippen LogP contribution in [0.5, 0.6) is 11.5 Å². The maximum atomic E-state index is 12.1. The van der Waals surface area contributed by atoms with Crippen LogP contribution in [0.4, 0.5) is 0 Å². The number of benzene rings is 3. The van der Waals surface area contributed by atoms with Crippen molar-refractivity contribution in [2.45, 2.75) is 19.6 Å². The molecule has 32 heavy (non-hydrogen) atoms. The van der Waals surface area contributed by atoms with Gasteiger partial charge in [0.1, 0.15) is 6.61 Å². The first-order chi connectivity index (χ1) is 15.6. The fourth-order valence-electron chi connectivity index (χ4n) is 2.92. The standard InChI is InChI=1S/C25H25N3O4/c1-18(21-11-7-4-8-12-21)27-24(29)25(30)28-26-16-20-13-14-22(23(15-20)31-2)32-17-19-9-5-3-6-10-19/h3-16,18H,17H2,1-2H3,(H,27,29)(H,28,30)/b26-16-/t18-/m1/s1. The Balaban J connectivity index is 1.54. The molecule has 0 aromatic heterocycles. The third kappa shape index (κ3) is 6.43. The van der Waals surface area contributed by atoms with Gasteiger partial charge in [0.15, 0.2) is 11.5 Å². The number of nitrogens with one attached hydrogen (secondary N) is 2. The summed E-state index contributed by atoms with van der Waals surface area (Å²) in [6.07, 6.45) is 1.43. The van der Waals surface area contributed by atoms with Crippen molar-refractivity contribution in [3.63, 3.8) is 0 Å². The lowest BCUT2D eigenvalue weighted by Crippen LogP contribution is -2.39. The molecule has 2 amide bonds. The summed E-state index contributed by atoms with van der Waals surface area (Å²) in [6, 6.07) is 24.2. The number of ether oxygens (including phenoxy) is 2. The molecule has 0 aliphatic rings. The molecular weight excluding hydrogens is 406 g/mol. The summed E-state index contributed by atoms with van der Waals surface area (Å²) in [7, 11) is 1.55. The van der Waals surface area contributed by atoms with Crippen molar-refractivity contribution in [1.82, 2.24) is 10.7 Å². The summed E-state index contributed by atoms with van der Waals surface area (Å²) >= 11 is 0. The van der Waals surface area contributed by atoms with Crippen LogP contribution in [-0.4, -0.2) is 25.1 Å². The van der Waals surface area contributed by atoms with E-state index in [-0.39, 0.29) is 6.04 Å². The predicted octanol–water partition coefficient (Wildman–Crippen LogP) is 3.60. The van der Waals surface area contributed by atoms with Crippen LogP contribution >= 0.6 is 0 Å². The third-order valence-corrected chi connectivity index (χ3v) is 4.66. The van der Waals surface area contributed by atoms with Crippen molar-refractivity contribution in [1.29, 1.82) is 0 Å². The van der Waals surface area contributed by atoms with E-state index in [4.69, 9.17) is 9.47 Å². The lowest BCUT2D eigenvalue weighted by Gasteiger charge is -2.13. The van der Waals surface area contributed by atoms with Gasteiger partial charge >= 0.3 is 11.8 Å². The van der Waals surface area contributed by atoms with Gasteiger partial charge in [0, 0.05) is 0 Å². The van der Waals surface area contributed by atoms with E-state index in [2.05, 4.69) is 15.8 Å². The molecule has 3 aromatic carbocycles. The third-order valence-electron chi connectivity index (χ3n) is 4.66. The van der Waals surface area contributed by atoms with Crippen molar-refractivity contribution in [3.8, 4) is 11.5 Å². The van der Waals surface area contributed by atoms with Crippen LogP contribution in [-0.2, 0) is 16.2 Å². The van der Waals surface area contributed by atoms with Crippen molar-refractivity contribution in [2.24, 2.45) is 5.10 Å². The van der Waals surface area contributed by atoms with Gasteiger partial charge in [-0.15, -0.1) is 0 Å². The Hall–Kier alpha value is -4.13. The number of hydrazone groups is 1. The SMILES string of the molecule is COc1cc(/C=N\NC(=O)C(=O)N[C@H](C)c2ccccc2)ccc1OCc1ccccc1. The summed E-state index contributed by atoms with van der Waals surface area (Å²) in [5, 5.41) is 6.50. The van der Waals surface area contributed by atoms with Crippen molar-refractivity contribution in [3.05, 3.63) is 95.6 Å². The molecule has 3 rings (SSSR count). The second kappa shape index (κ2) is 11.3. The average Bonchev–Trinajstić information content (AvgIpc) is 2.84. The minimum Gasteiger partial charge on any atom is -0.493 e. The molecule has 164 valence electrons. The van der Waals surface area contributed by atoms with Crippen LogP contribution in [0.3, 0.4) is 0 Å². The molecule has 0 spiro atoms. The van der Waals surface area contributed by atoms with Crippen LogP contribution in [0.2, 0.25) is 0 Å². The Morgan fingerprint density at radius 3 is 2.31 bits per heavy atom. The first-order valence-corrected chi connectivity index (χ1v) is 10.1. The maximum absolute atomic E-state index is 12.1. The van der Waals surface area contributed by atoms with Crippen molar-refractivity contribution < 1.29 is 19.1 Å². The first kappa shape index (κ1) is 22.6. The summed E-state index contributed by atoms with van der Waals surface area (Å²) in [6.45, 7) is 2.22. The van der Waals surface area contributed by atoms with E-state index in [0.717, 1.165) is 11.1 Å². The number of hydrogen-bond donors (Lipinski definition) is 2. The topological polar surface area (TPSA) is 89.0 Å². The zero-order valence-electron chi connectivity index (χ0n) is 17.9. The maximum Gasteiger partial charge on any atom is 0.329 e. The Bertz CT molecular complexity index is 1070. The van der Waals surface area contributed by atoms with E-state index >= 15 is 0 Å². The van der Waals surface area contributed by atoms with Crippen LogP contribution in [0.25, 0.3) is 0 Å². The fourth-order valence-corrected chi connectivity index (χ4v) is 2.92. The normalized spacial score (nSPS) is 11.6. The lowest BCUT2D eigenvalue weighted by atomic mass is 10.1. The van der Waals surface area contributed by atoms with Gasteiger partial charge in [0.05, 0.1) is 19.4 Å². The molecule has 0 fully saturated rings. The van der Waals surface area contributed by atoms with E-state index in [1.807, 2.05) is 60.7 Å². The Morgan fingerprint density at radius 1 is 0.938 bits per heavy atom. The van der Waals surface area contributed by atoms with E-state index in [9.17, 15) is 9.59 Å². The molecule has 0 saturated carbocycles. The van der Waals surface area contributed by atoms with Gasteiger partial charge < -0.3 is 14.8 Å². The summed E-state index contributed by atoms with van der Waals surface area (Å²) in [5.74, 6) is -0.489. The Labute approximate surface area is 187 Å². The Kier molecular flexibility index (Phi) is 7.97. The van der Waals surface area contributed by atoms with E-state index < -0.39 is 11.8 Å². The number of carbonyl (C=O) groups is 2. The van der Waals surface area contributed by atoms with Gasteiger partial charge in [-0.3, -0.25) is 9.59 Å². The highest BCUT2D eigenvalue weighted by Gasteiger charge is 2.16. The molecule has 1 atom stereocenters. The molecule has 0 unspecified atom stereocenters. The molecule has 0 aliphatic heterocycles. The number of hydrogen-bond acceptors (Lipinski definition) is 5. The van der Waals surface area contributed by atoms with E-state index in [0.29, 0.717) is 23.7 Å². The van der Waals surface area contributed by atoms with Crippen LogP contribution in [0, 0.1) is 0 Å². The zero-order chi connectivity index (χ0) is 22.8. The smallest absolute Gasteiger partial charge is 0.329 e. The summed E-state index contributed by atoms with van der Waals surface area (Å²) in [5.41, 5.74) is 4.85. The van der Waals surface area contributed by atoms with Gasteiger partial charge in [-0.1, -0.05) is 60.7 Å². The number of methoxy groups -OCH3 is 1. The molecule has 7 heteroatoms. The molecule has 7 nitrogen and oxygen atoms in total. The minimum atomic E-state index is -0.848. The quantitative estimate of drug-likeness (QED) is 0.324. The van der Waals surface area contributed by atoms with Crippen molar-refractivity contribution in [2.75, 3.05) is 7.11 Å². The molecular formula is C25H25N3O4. The average molecular weight is 431 g/mol. The highest BCUT2D eigenvalue weighted by atomic mass is 16.5. The second-order valence-corrected chi connectivity index (χ2v) is 6.99. The Morgan fingerprint density at radius 2 is 1.62 bits per heavy atom. The fraction of sp³-hybridized carbons (Fsp3) is 0.160. The minimum absolute atomic E-state index is 0.300. The molecule has 0 saturated heterocycles. The predicted molar refractivity (Wildman–Crippen MR) is 123 cm³/mol. The molecule has 0 heterocycles. The highest BCUT2D eigenvalue weighted by molar-refractivity contribution is 6.35. The second-order valence-electron chi connectivity index (χ2n) is 6.99. The number of rotatable bonds is 8. The van der Waals surface area contributed by atoms with Crippen LogP contribution in [0.1, 0.15) is 29.7 Å². The van der Waals surface area contributed by atoms with Crippen LogP contribution < -0.4 is 20.2 Å². The summed E-state index contributed by atoms with van der Waals surface area (Å²) < 4.78 is 11.2. The number of carbonyl (C=O) groups excluding carboxylic acids is 2. The lowest BCUT2D eigenvalue weighted by molar-refractivity contribution is -0.139. The molecule has 3 aromatic rings. The first-order valence-electron chi connectivity index (χ1n) is 10.1. The molecule has 0 bridgehead atoms. The number of nitrogens with zero attached hydrogens (tertiary/aromatic N) is 1. The van der Waals surface area contributed by atoms with E-state index in [1.165, 1.54) is 6.21 Å². The highest BCUT2D eigenvalue weighted by Crippen LogP contribution is 2.28. The van der Waals surface area contributed by atoms with Crippen molar-refractivity contribution >= 4 is 18.0 Å². The van der Waals surface area contributed by atoms with Gasteiger partial charge in [0.25, 0.3) is 0 Å². The molecule has 2 N–H and O–H groups in total. The monoisotopic (exact) mass is 431 g/mol. The summed E-state index contributed by atoms with van der Waals surface area (Å²) in [4.78, 5) is 24.1. The van der Waals surface area contributed by atoms with Gasteiger partial charge in [-0.25, -0.2) is 5.43 Å².